The molecule has 0 saturated carbocycles. The first-order chi connectivity index (χ1) is 14.5. The van der Waals surface area contributed by atoms with E-state index >= 15 is 0 Å². The van der Waals surface area contributed by atoms with E-state index in [-0.39, 0.29) is 4.90 Å². The van der Waals surface area contributed by atoms with Crippen LogP contribution in [0.2, 0.25) is 0 Å². The van der Waals surface area contributed by atoms with Crippen LogP contribution in [0.3, 0.4) is 0 Å². The summed E-state index contributed by atoms with van der Waals surface area (Å²) in [5.74, 6) is 0. The topological polar surface area (TPSA) is 62.9 Å². The van der Waals surface area contributed by atoms with Crippen molar-refractivity contribution < 1.29 is 8.42 Å². The monoisotopic (exact) mass is 428 g/mol. The number of fused-ring (bicyclic) bond motifs is 2. The van der Waals surface area contributed by atoms with Gasteiger partial charge in [-0.3, -0.25) is 0 Å². The van der Waals surface area contributed by atoms with Gasteiger partial charge >= 0.3 is 0 Å². The summed E-state index contributed by atoms with van der Waals surface area (Å²) in [5.41, 5.74) is 2.85. The molecule has 4 nitrogen and oxygen atoms in total. The van der Waals surface area contributed by atoms with E-state index < -0.39 is 10.0 Å². The number of nitriles is 1. The Morgan fingerprint density at radius 2 is 1.73 bits per heavy atom. The molecule has 30 heavy (non-hydrogen) atoms. The zero-order valence-corrected chi connectivity index (χ0v) is 17.7. The molecule has 0 aliphatic rings. The van der Waals surface area contributed by atoms with Crippen molar-refractivity contribution in [3.8, 4) is 16.5 Å². The molecule has 3 aromatic carbocycles. The van der Waals surface area contributed by atoms with Gasteiger partial charge in [-0.25, -0.2) is 12.4 Å². The summed E-state index contributed by atoms with van der Waals surface area (Å²) in [6.45, 7) is 1.92. The molecule has 0 bridgehead atoms. The Morgan fingerprint density at radius 3 is 2.47 bits per heavy atom. The van der Waals surface area contributed by atoms with Gasteiger partial charge in [0.1, 0.15) is 0 Å². The van der Waals surface area contributed by atoms with Crippen molar-refractivity contribution in [3.05, 3.63) is 90.1 Å². The quantitative estimate of drug-likeness (QED) is 0.357. The Labute approximate surface area is 178 Å². The molecule has 0 unspecified atom stereocenters. The third-order valence-electron chi connectivity index (χ3n) is 5.17. The van der Waals surface area contributed by atoms with Gasteiger partial charge in [-0.2, -0.15) is 5.26 Å². The lowest BCUT2D eigenvalue weighted by Crippen LogP contribution is -2.11. The summed E-state index contributed by atoms with van der Waals surface area (Å²) >= 11 is 1.61. The smallest absolute Gasteiger partial charge is 0.240 e. The van der Waals surface area contributed by atoms with E-state index in [1.54, 1.807) is 60.0 Å². The number of rotatable bonds is 3. The van der Waals surface area contributed by atoms with Gasteiger partial charge in [-0.05, 0) is 54.8 Å². The van der Waals surface area contributed by atoms with Crippen LogP contribution < -0.4 is 0 Å². The third-order valence-corrected chi connectivity index (χ3v) is 8.01. The highest BCUT2D eigenvalue weighted by Gasteiger charge is 2.22. The van der Waals surface area contributed by atoms with E-state index in [9.17, 15) is 13.7 Å². The van der Waals surface area contributed by atoms with Gasteiger partial charge in [0.25, 0.3) is 10.0 Å². The summed E-state index contributed by atoms with van der Waals surface area (Å²) in [5, 5.41) is 11.2. The molecule has 0 atom stereocenters. The maximum atomic E-state index is 13.4. The lowest BCUT2D eigenvalue weighted by molar-refractivity contribution is 0.589. The van der Waals surface area contributed by atoms with E-state index in [1.807, 2.05) is 31.2 Å². The molecule has 0 radical (unpaired) electrons. The zero-order valence-electron chi connectivity index (χ0n) is 16.0. The highest BCUT2D eigenvalue weighted by atomic mass is 32.2. The number of hydrogen-bond acceptors (Lipinski definition) is 4. The molecule has 0 fully saturated rings. The highest BCUT2D eigenvalue weighted by molar-refractivity contribution is 7.90. The summed E-state index contributed by atoms with van der Waals surface area (Å²) in [6, 6.07) is 24.2. The van der Waals surface area contributed by atoms with Gasteiger partial charge in [0.15, 0.2) is 0 Å². The van der Waals surface area contributed by atoms with Crippen LogP contribution >= 0.6 is 11.3 Å². The van der Waals surface area contributed by atoms with Crippen LogP contribution in [-0.4, -0.2) is 12.4 Å². The normalized spacial score (nSPS) is 11.7. The largest absolute Gasteiger partial charge is 0.268 e. The minimum Gasteiger partial charge on any atom is -0.240 e. The molecule has 0 N–H and O–H groups in total. The van der Waals surface area contributed by atoms with Crippen LogP contribution in [0.4, 0.5) is 0 Å². The fraction of sp³-hybridized carbons (Fsp3) is 0.0417. The van der Waals surface area contributed by atoms with Crippen LogP contribution in [0.25, 0.3) is 31.4 Å². The Kier molecular flexibility index (Phi) is 4.24. The average Bonchev–Trinajstić information content (AvgIpc) is 3.35. The minimum atomic E-state index is -3.78. The fourth-order valence-corrected chi connectivity index (χ4v) is 6.06. The Balaban J connectivity index is 1.80. The van der Waals surface area contributed by atoms with Crippen LogP contribution in [-0.2, 0) is 10.0 Å². The van der Waals surface area contributed by atoms with Crippen LogP contribution in [0.1, 0.15) is 11.1 Å². The number of aryl methyl sites for hydroxylation is 1. The number of nitrogens with zero attached hydrogens (tertiary/aromatic N) is 2. The van der Waals surface area contributed by atoms with E-state index in [0.29, 0.717) is 11.1 Å². The fourth-order valence-electron chi connectivity index (χ4n) is 3.60. The summed E-state index contributed by atoms with van der Waals surface area (Å²) in [6.07, 6.45) is 1.67. The van der Waals surface area contributed by atoms with Crippen molar-refractivity contribution in [1.82, 2.24) is 3.97 Å². The summed E-state index contributed by atoms with van der Waals surface area (Å²) in [4.78, 5) is 1.20. The molecule has 2 aromatic heterocycles. The van der Waals surface area contributed by atoms with Gasteiger partial charge in [0.05, 0.1) is 22.0 Å². The molecule has 6 heteroatoms. The summed E-state index contributed by atoms with van der Waals surface area (Å²) < 4.78 is 29.3. The van der Waals surface area contributed by atoms with E-state index in [1.165, 1.54) is 3.97 Å². The van der Waals surface area contributed by atoms with Crippen molar-refractivity contribution in [2.75, 3.05) is 0 Å². The molecule has 0 aliphatic heterocycles. The minimum absolute atomic E-state index is 0.234. The maximum Gasteiger partial charge on any atom is 0.268 e. The van der Waals surface area contributed by atoms with Crippen molar-refractivity contribution in [3.63, 3.8) is 0 Å². The third kappa shape index (κ3) is 2.91. The summed E-state index contributed by atoms with van der Waals surface area (Å²) in [7, 11) is -3.78. The molecule has 0 aliphatic carbocycles. The average molecular weight is 429 g/mol. The lowest BCUT2D eigenvalue weighted by Gasteiger charge is -2.08. The number of aromatic nitrogens is 1. The molecule has 0 saturated heterocycles. The molecule has 146 valence electrons. The van der Waals surface area contributed by atoms with E-state index in [0.717, 1.165) is 31.5 Å². The zero-order chi connectivity index (χ0) is 20.9. The Bertz CT molecular complexity index is 1530. The second-order valence-corrected chi connectivity index (χ2v) is 10.0. The Morgan fingerprint density at radius 1 is 0.967 bits per heavy atom. The second kappa shape index (κ2) is 6.84. The van der Waals surface area contributed by atoms with Crippen molar-refractivity contribution in [2.24, 2.45) is 0 Å². The van der Waals surface area contributed by atoms with Gasteiger partial charge in [0, 0.05) is 26.7 Å². The molecule has 0 amide bonds. The van der Waals surface area contributed by atoms with Gasteiger partial charge in [-0.1, -0.05) is 35.9 Å². The highest BCUT2D eigenvalue weighted by Crippen LogP contribution is 2.39. The first kappa shape index (κ1) is 18.6. The first-order valence-electron chi connectivity index (χ1n) is 9.34. The van der Waals surface area contributed by atoms with E-state index in [4.69, 9.17) is 0 Å². The van der Waals surface area contributed by atoms with Crippen LogP contribution in [0.15, 0.2) is 83.9 Å². The van der Waals surface area contributed by atoms with Gasteiger partial charge < -0.3 is 0 Å². The number of thiophene rings is 1. The number of benzene rings is 3. The maximum absolute atomic E-state index is 13.4. The van der Waals surface area contributed by atoms with Crippen molar-refractivity contribution >= 4 is 42.3 Å². The van der Waals surface area contributed by atoms with Crippen molar-refractivity contribution in [1.29, 1.82) is 5.26 Å². The molecule has 5 rings (SSSR count). The standard InChI is InChI=1S/C24H16N2O2S2/c1-16-6-9-19(10-7-16)30(27,28)26-15-21(20-12-17(14-25)8-11-22(20)26)24-13-18-4-2-3-5-23(18)29-24/h2-13,15H,1H3. The van der Waals surface area contributed by atoms with Gasteiger partial charge in [-0.15, -0.1) is 11.3 Å². The molecular formula is C24H16N2O2S2. The van der Waals surface area contributed by atoms with Gasteiger partial charge in [0.2, 0.25) is 0 Å². The molecule has 0 spiro atoms. The predicted octanol–water partition coefficient (Wildman–Crippen LogP) is 5.94. The molecule has 2 heterocycles. The van der Waals surface area contributed by atoms with E-state index in [2.05, 4.69) is 12.1 Å². The molecular weight excluding hydrogens is 412 g/mol. The predicted molar refractivity (Wildman–Crippen MR) is 121 cm³/mol. The Hall–Kier alpha value is -3.40. The first-order valence-corrected chi connectivity index (χ1v) is 11.6. The SMILES string of the molecule is Cc1ccc(S(=O)(=O)n2cc(-c3cc4ccccc4s3)c3cc(C#N)ccc32)cc1. The van der Waals surface area contributed by atoms with Crippen LogP contribution in [0, 0.1) is 18.3 Å². The van der Waals surface area contributed by atoms with Crippen molar-refractivity contribution in [2.45, 2.75) is 11.8 Å². The lowest BCUT2D eigenvalue weighted by atomic mass is 10.1. The van der Waals surface area contributed by atoms with Crippen LogP contribution in [0.5, 0.6) is 0 Å². The molecule has 5 aromatic rings. The second-order valence-electron chi connectivity index (χ2n) is 7.15. The number of hydrogen-bond donors (Lipinski definition) is 0.